The lowest BCUT2D eigenvalue weighted by Crippen LogP contribution is -2.37. The summed E-state index contributed by atoms with van der Waals surface area (Å²) < 4.78 is 0.885. The number of hydrogen-bond donors (Lipinski definition) is 5. The Hall–Kier alpha value is -3.24. The highest BCUT2D eigenvalue weighted by atomic mass is 79.9. The van der Waals surface area contributed by atoms with Crippen LogP contribution in [-0.4, -0.2) is 34.8 Å². The van der Waals surface area contributed by atoms with Gasteiger partial charge in [-0.05, 0) is 43.2 Å². The maximum absolute atomic E-state index is 12.3. The fourth-order valence-electron chi connectivity index (χ4n) is 2.96. The topological polar surface area (TPSA) is 151 Å². The van der Waals surface area contributed by atoms with Gasteiger partial charge in [-0.25, -0.2) is 0 Å². The predicted molar refractivity (Wildman–Crippen MR) is 130 cm³/mol. The molecule has 6 N–H and O–H groups in total. The second-order valence-electron chi connectivity index (χ2n) is 7.41. The fourth-order valence-corrected chi connectivity index (χ4v) is 3.36. The van der Waals surface area contributed by atoms with Crippen molar-refractivity contribution in [1.29, 1.82) is 0 Å². The molecule has 0 aliphatic heterocycles. The summed E-state index contributed by atoms with van der Waals surface area (Å²) in [6.07, 6.45) is 2.09. The molecule has 0 aliphatic carbocycles. The lowest BCUT2D eigenvalue weighted by molar-refractivity contribution is -0.138. The number of nitrogens with two attached hydrogens (primary N) is 1. The first-order valence-electron chi connectivity index (χ1n) is 10.5. The molecule has 0 unspecified atom stereocenters. The van der Waals surface area contributed by atoms with Crippen molar-refractivity contribution in [3.63, 3.8) is 0 Å². The van der Waals surface area contributed by atoms with Crippen molar-refractivity contribution in [2.45, 2.75) is 44.6 Å². The third kappa shape index (κ3) is 9.84. The molecule has 0 spiro atoms. The number of carbonyl (C=O) groups is 4. The number of nitrogens with one attached hydrogen (secondary N) is 3. The molecule has 33 heavy (non-hydrogen) atoms. The number of rotatable bonds is 12. The zero-order valence-corrected chi connectivity index (χ0v) is 19.6. The molecule has 1 atom stereocenters. The van der Waals surface area contributed by atoms with E-state index in [1.54, 1.807) is 24.3 Å². The molecule has 0 bridgehead atoms. The molecular formula is C23H27BrN4O5. The van der Waals surface area contributed by atoms with Gasteiger partial charge in [-0.15, -0.1) is 0 Å². The third-order valence-corrected chi connectivity index (χ3v) is 5.10. The van der Waals surface area contributed by atoms with Crippen LogP contribution < -0.4 is 21.7 Å². The van der Waals surface area contributed by atoms with Gasteiger partial charge < -0.3 is 26.8 Å². The first-order valence-corrected chi connectivity index (χ1v) is 11.3. The molecular weight excluding hydrogens is 492 g/mol. The number of carboxylic acid groups (broad SMARTS) is 1. The minimum absolute atomic E-state index is 0.0803. The molecule has 0 saturated heterocycles. The molecule has 2 aromatic rings. The normalized spacial score (nSPS) is 11.3. The molecule has 9 nitrogen and oxygen atoms in total. The van der Waals surface area contributed by atoms with Crippen LogP contribution in [0.4, 0.5) is 17.1 Å². The summed E-state index contributed by atoms with van der Waals surface area (Å²) in [4.78, 5) is 47.1. The Balaban J connectivity index is 1.72. The van der Waals surface area contributed by atoms with E-state index >= 15 is 0 Å². The summed E-state index contributed by atoms with van der Waals surface area (Å²) in [7, 11) is 0. The summed E-state index contributed by atoms with van der Waals surface area (Å²) in [5, 5.41) is 16.9. The largest absolute Gasteiger partial charge is 0.481 e. The minimum Gasteiger partial charge on any atom is -0.481 e. The maximum atomic E-state index is 12.3. The number of para-hydroxylation sites is 2. The number of benzene rings is 2. The molecule has 2 rings (SSSR count). The molecule has 0 aliphatic rings. The molecule has 0 aromatic heterocycles. The Kier molecular flexibility index (Phi) is 10.5. The number of hydrogen-bond acceptors (Lipinski definition) is 5. The minimum atomic E-state index is -1.20. The van der Waals surface area contributed by atoms with Crippen LogP contribution in [0.3, 0.4) is 0 Å². The Bertz CT molecular complexity index is 998. The molecule has 0 radical (unpaired) electrons. The van der Waals surface area contributed by atoms with Gasteiger partial charge in [0.1, 0.15) is 0 Å². The van der Waals surface area contributed by atoms with Crippen molar-refractivity contribution in [3.8, 4) is 0 Å². The quantitative estimate of drug-likeness (QED) is 0.270. The Morgan fingerprint density at radius 3 is 2.06 bits per heavy atom. The number of anilines is 3. The number of carbonyl (C=O) groups excluding carboxylic acids is 3. The molecule has 0 heterocycles. The molecule has 10 heteroatoms. The van der Waals surface area contributed by atoms with E-state index < -0.39 is 24.3 Å². The average Bonchev–Trinajstić information content (AvgIpc) is 2.74. The summed E-state index contributed by atoms with van der Waals surface area (Å²) in [6.45, 7) is 0. The van der Waals surface area contributed by atoms with E-state index in [2.05, 4.69) is 31.9 Å². The third-order valence-electron chi connectivity index (χ3n) is 4.61. The summed E-state index contributed by atoms with van der Waals surface area (Å²) >= 11 is 3.36. The van der Waals surface area contributed by atoms with Gasteiger partial charge in [-0.2, -0.15) is 0 Å². The van der Waals surface area contributed by atoms with E-state index in [-0.39, 0.29) is 18.2 Å². The second kappa shape index (κ2) is 13.3. The lowest BCUT2D eigenvalue weighted by Gasteiger charge is -2.14. The van der Waals surface area contributed by atoms with Gasteiger partial charge in [-0.1, -0.05) is 40.5 Å². The summed E-state index contributed by atoms with van der Waals surface area (Å²) in [5.41, 5.74) is 7.03. The van der Waals surface area contributed by atoms with Crippen LogP contribution in [0.25, 0.3) is 0 Å². The summed E-state index contributed by atoms with van der Waals surface area (Å²) in [5.74, 6) is -2.14. The van der Waals surface area contributed by atoms with Gasteiger partial charge in [0.15, 0.2) is 0 Å². The standard InChI is InChI=1S/C23H27BrN4O5/c24-15-7-6-8-16(13-15)26-20(29)11-2-1-3-12-21(30)27-18-9-4-5-10-19(18)28-23(33)17(25)14-22(31)32/h4-10,13,17H,1-3,11-12,14,25H2,(H,26,29)(H,27,30)(H,28,33)(H,31,32)/t17-/m0/s1. The fraction of sp³-hybridized carbons (Fsp3) is 0.304. The first kappa shape index (κ1) is 26.0. The molecule has 176 valence electrons. The van der Waals surface area contributed by atoms with Crippen molar-refractivity contribution >= 4 is 56.7 Å². The Morgan fingerprint density at radius 2 is 1.45 bits per heavy atom. The highest BCUT2D eigenvalue weighted by Crippen LogP contribution is 2.22. The molecule has 3 amide bonds. The zero-order chi connectivity index (χ0) is 24.2. The highest BCUT2D eigenvalue weighted by molar-refractivity contribution is 9.10. The van der Waals surface area contributed by atoms with Crippen LogP contribution in [0, 0.1) is 0 Å². The van der Waals surface area contributed by atoms with Crippen molar-refractivity contribution in [2.24, 2.45) is 5.73 Å². The van der Waals surface area contributed by atoms with Gasteiger partial charge in [0.05, 0.1) is 23.8 Å². The van der Waals surface area contributed by atoms with Crippen LogP contribution in [0.15, 0.2) is 53.0 Å². The number of amides is 3. The maximum Gasteiger partial charge on any atom is 0.305 e. The van der Waals surface area contributed by atoms with Crippen LogP contribution in [-0.2, 0) is 19.2 Å². The number of aliphatic carboxylic acids is 1. The lowest BCUT2D eigenvalue weighted by atomic mass is 10.1. The van der Waals surface area contributed by atoms with Gasteiger partial charge in [0.2, 0.25) is 17.7 Å². The van der Waals surface area contributed by atoms with Crippen LogP contribution in [0.2, 0.25) is 0 Å². The molecule has 0 saturated carbocycles. The van der Waals surface area contributed by atoms with Crippen molar-refractivity contribution in [2.75, 3.05) is 16.0 Å². The molecule has 0 fully saturated rings. The zero-order valence-electron chi connectivity index (χ0n) is 18.0. The number of carboxylic acids is 1. The predicted octanol–water partition coefficient (Wildman–Crippen LogP) is 3.72. The smallest absolute Gasteiger partial charge is 0.305 e. The van der Waals surface area contributed by atoms with Gasteiger partial charge in [0, 0.05) is 23.0 Å². The van der Waals surface area contributed by atoms with E-state index in [1.807, 2.05) is 24.3 Å². The van der Waals surface area contributed by atoms with E-state index in [4.69, 9.17) is 10.8 Å². The highest BCUT2D eigenvalue weighted by Gasteiger charge is 2.18. The number of halogens is 1. The Morgan fingerprint density at radius 1 is 0.848 bits per heavy atom. The van der Waals surface area contributed by atoms with Crippen LogP contribution >= 0.6 is 15.9 Å². The van der Waals surface area contributed by atoms with Gasteiger partial charge in [0.25, 0.3) is 0 Å². The van der Waals surface area contributed by atoms with Crippen LogP contribution in [0.5, 0.6) is 0 Å². The SMILES string of the molecule is N[C@@H](CC(=O)O)C(=O)Nc1ccccc1NC(=O)CCCCCC(=O)Nc1cccc(Br)c1. The van der Waals surface area contributed by atoms with E-state index in [1.165, 1.54) is 0 Å². The van der Waals surface area contributed by atoms with Gasteiger partial charge in [-0.3, -0.25) is 19.2 Å². The number of unbranched alkanes of at least 4 members (excludes halogenated alkanes) is 2. The van der Waals surface area contributed by atoms with E-state index in [0.717, 1.165) is 10.2 Å². The van der Waals surface area contributed by atoms with Crippen molar-refractivity contribution < 1.29 is 24.3 Å². The monoisotopic (exact) mass is 518 g/mol. The van der Waals surface area contributed by atoms with Gasteiger partial charge >= 0.3 is 5.97 Å². The van der Waals surface area contributed by atoms with E-state index in [9.17, 15) is 19.2 Å². The van der Waals surface area contributed by atoms with Crippen LogP contribution in [0.1, 0.15) is 38.5 Å². The first-order chi connectivity index (χ1) is 15.7. The molecule has 2 aromatic carbocycles. The van der Waals surface area contributed by atoms with Crippen molar-refractivity contribution in [3.05, 3.63) is 53.0 Å². The average molecular weight is 519 g/mol. The van der Waals surface area contributed by atoms with E-state index in [0.29, 0.717) is 37.1 Å². The van der Waals surface area contributed by atoms with Crippen molar-refractivity contribution in [1.82, 2.24) is 0 Å². The Labute approximate surface area is 200 Å². The summed E-state index contributed by atoms with van der Waals surface area (Å²) in [6, 6.07) is 12.7. The second-order valence-corrected chi connectivity index (χ2v) is 8.32.